The van der Waals surface area contributed by atoms with E-state index >= 15 is 0 Å². The molecule has 0 bridgehead atoms. The Labute approximate surface area is 106 Å². The van der Waals surface area contributed by atoms with Gasteiger partial charge in [0.05, 0.1) is 12.8 Å². The van der Waals surface area contributed by atoms with Crippen molar-refractivity contribution >= 4 is 6.08 Å². The number of aliphatic hydroxyl groups excluding tert-OH is 1. The van der Waals surface area contributed by atoms with Gasteiger partial charge in [0, 0.05) is 11.8 Å². The summed E-state index contributed by atoms with van der Waals surface area (Å²) in [5.41, 5.74) is 1.55. The highest BCUT2D eigenvalue weighted by Crippen LogP contribution is 2.20. The van der Waals surface area contributed by atoms with E-state index in [0.29, 0.717) is 5.69 Å². The summed E-state index contributed by atoms with van der Waals surface area (Å²) >= 11 is 0. The van der Waals surface area contributed by atoms with Crippen molar-refractivity contribution in [2.75, 3.05) is 7.11 Å². The van der Waals surface area contributed by atoms with Gasteiger partial charge < -0.3 is 9.84 Å². The molecule has 1 aromatic carbocycles. The molecule has 0 aliphatic carbocycles. The number of rotatable bonds is 4. The molecule has 0 saturated carbocycles. The molecule has 1 unspecified atom stereocenters. The van der Waals surface area contributed by atoms with Crippen molar-refractivity contribution in [2.45, 2.75) is 6.10 Å². The number of benzene rings is 1. The molecule has 0 amide bonds. The van der Waals surface area contributed by atoms with Gasteiger partial charge in [-0.1, -0.05) is 30.3 Å². The molecule has 1 atom stereocenters. The molecule has 2 aromatic rings. The van der Waals surface area contributed by atoms with Crippen LogP contribution in [0.5, 0.6) is 5.75 Å². The van der Waals surface area contributed by atoms with Crippen LogP contribution in [0, 0.1) is 0 Å². The maximum absolute atomic E-state index is 9.96. The maximum Gasteiger partial charge on any atom is 0.126 e. The summed E-state index contributed by atoms with van der Waals surface area (Å²) in [6, 6.07) is 13.1. The summed E-state index contributed by atoms with van der Waals surface area (Å²) in [6.45, 7) is 0. The van der Waals surface area contributed by atoms with Crippen molar-refractivity contribution in [2.24, 2.45) is 0 Å². The maximum atomic E-state index is 9.96. The highest BCUT2D eigenvalue weighted by atomic mass is 16.5. The molecule has 92 valence electrons. The van der Waals surface area contributed by atoms with Crippen LogP contribution in [0.1, 0.15) is 17.4 Å². The van der Waals surface area contributed by atoms with Crippen LogP contribution in [0.3, 0.4) is 0 Å². The second-order valence-corrected chi connectivity index (χ2v) is 3.80. The summed E-state index contributed by atoms with van der Waals surface area (Å²) in [5, 5.41) is 9.96. The van der Waals surface area contributed by atoms with Gasteiger partial charge in [-0.3, -0.25) is 4.98 Å². The molecule has 3 heteroatoms. The third-order valence-electron chi connectivity index (χ3n) is 2.59. The first-order valence-electron chi connectivity index (χ1n) is 5.71. The summed E-state index contributed by atoms with van der Waals surface area (Å²) in [6.07, 6.45) is 4.48. The average molecular weight is 241 g/mol. The summed E-state index contributed by atoms with van der Waals surface area (Å²) in [4.78, 5) is 4.10. The lowest BCUT2D eigenvalue weighted by molar-refractivity contribution is 0.224. The Balaban J connectivity index is 2.16. The minimum absolute atomic E-state index is 0.628. The van der Waals surface area contributed by atoms with Gasteiger partial charge in [0.1, 0.15) is 11.9 Å². The second-order valence-electron chi connectivity index (χ2n) is 3.80. The lowest BCUT2D eigenvalue weighted by Crippen LogP contribution is -1.95. The second kappa shape index (κ2) is 5.98. The Morgan fingerprint density at radius 2 is 1.94 bits per heavy atom. The van der Waals surface area contributed by atoms with Gasteiger partial charge >= 0.3 is 0 Å². The molecule has 0 aliphatic rings. The first-order chi connectivity index (χ1) is 8.81. The zero-order valence-corrected chi connectivity index (χ0v) is 10.2. The van der Waals surface area contributed by atoms with Crippen LogP contribution < -0.4 is 4.74 Å². The summed E-state index contributed by atoms with van der Waals surface area (Å²) < 4.78 is 5.23. The van der Waals surface area contributed by atoms with E-state index in [-0.39, 0.29) is 0 Å². The fraction of sp³-hybridized carbons (Fsp3) is 0.133. The molecule has 1 aromatic heterocycles. The largest absolute Gasteiger partial charge is 0.496 e. The Kier molecular flexibility index (Phi) is 4.10. The lowest BCUT2D eigenvalue weighted by Gasteiger charge is -2.06. The third-order valence-corrected chi connectivity index (χ3v) is 2.59. The number of nitrogens with zero attached hydrogens (tertiary/aromatic N) is 1. The minimum atomic E-state index is -0.712. The number of hydrogen-bond acceptors (Lipinski definition) is 3. The Hall–Kier alpha value is -2.13. The van der Waals surface area contributed by atoms with E-state index in [0.717, 1.165) is 11.3 Å². The predicted molar refractivity (Wildman–Crippen MR) is 71.2 cm³/mol. The van der Waals surface area contributed by atoms with Crippen molar-refractivity contribution in [3.63, 3.8) is 0 Å². The topological polar surface area (TPSA) is 42.4 Å². The molecule has 0 aliphatic heterocycles. The average Bonchev–Trinajstić information content (AvgIpc) is 2.46. The molecular formula is C15H15NO2. The molecule has 0 saturated heterocycles. The zero-order chi connectivity index (χ0) is 12.8. The summed E-state index contributed by atoms with van der Waals surface area (Å²) in [5.74, 6) is 0.780. The van der Waals surface area contributed by atoms with Crippen molar-refractivity contribution in [3.8, 4) is 5.75 Å². The standard InChI is InChI=1S/C15H15NO2/c1-18-15-8-3-2-6-12(15)9-10-14(17)13-7-4-5-11-16-13/h2-11,14,17H,1H3/b10-9+. The highest BCUT2D eigenvalue weighted by Gasteiger charge is 2.04. The number of para-hydroxylation sites is 1. The van der Waals surface area contributed by atoms with Gasteiger partial charge in [0.25, 0.3) is 0 Å². The molecule has 2 rings (SSSR count). The quantitative estimate of drug-likeness (QED) is 0.895. The molecule has 1 N–H and O–H groups in total. The van der Waals surface area contributed by atoms with Crippen molar-refractivity contribution in [1.29, 1.82) is 0 Å². The SMILES string of the molecule is COc1ccccc1/C=C/C(O)c1ccccn1. The lowest BCUT2D eigenvalue weighted by atomic mass is 10.1. The van der Waals surface area contributed by atoms with Crippen LogP contribution in [0.4, 0.5) is 0 Å². The van der Waals surface area contributed by atoms with Crippen LogP contribution in [-0.2, 0) is 0 Å². The van der Waals surface area contributed by atoms with Crippen molar-refractivity contribution in [1.82, 2.24) is 4.98 Å². The number of hydrogen-bond donors (Lipinski definition) is 1. The molecule has 3 nitrogen and oxygen atoms in total. The third kappa shape index (κ3) is 2.96. The number of methoxy groups -OCH3 is 1. The van der Waals surface area contributed by atoms with Crippen molar-refractivity contribution in [3.05, 3.63) is 66.0 Å². The summed E-state index contributed by atoms with van der Waals surface area (Å²) in [7, 11) is 1.63. The van der Waals surface area contributed by atoms with Crippen LogP contribution in [-0.4, -0.2) is 17.2 Å². The molecule has 0 fully saturated rings. The fourth-order valence-corrected chi connectivity index (χ4v) is 1.65. The Morgan fingerprint density at radius 1 is 1.17 bits per heavy atom. The Bertz CT molecular complexity index is 523. The van der Waals surface area contributed by atoms with Gasteiger partial charge in [0.2, 0.25) is 0 Å². The normalized spacial score (nSPS) is 12.6. The first kappa shape index (κ1) is 12.3. The van der Waals surface area contributed by atoms with E-state index in [1.807, 2.05) is 42.5 Å². The van der Waals surface area contributed by atoms with E-state index in [2.05, 4.69) is 4.98 Å². The predicted octanol–water partition coefficient (Wildman–Crippen LogP) is 2.84. The number of pyridine rings is 1. The van der Waals surface area contributed by atoms with E-state index in [4.69, 9.17) is 4.74 Å². The van der Waals surface area contributed by atoms with Gasteiger partial charge in [-0.25, -0.2) is 0 Å². The van der Waals surface area contributed by atoms with E-state index in [1.54, 1.807) is 25.4 Å². The monoisotopic (exact) mass is 241 g/mol. The highest BCUT2D eigenvalue weighted by molar-refractivity contribution is 5.57. The van der Waals surface area contributed by atoms with Crippen LogP contribution in [0.2, 0.25) is 0 Å². The number of aromatic nitrogens is 1. The van der Waals surface area contributed by atoms with E-state index in [9.17, 15) is 5.11 Å². The molecule has 0 spiro atoms. The van der Waals surface area contributed by atoms with E-state index in [1.165, 1.54) is 0 Å². The fourth-order valence-electron chi connectivity index (χ4n) is 1.65. The smallest absolute Gasteiger partial charge is 0.126 e. The van der Waals surface area contributed by atoms with Crippen LogP contribution in [0.25, 0.3) is 6.08 Å². The molecular weight excluding hydrogens is 226 g/mol. The van der Waals surface area contributed by atoms with E-state index < -0.39 is 6.10 Å². The molecule has 0 radical (unpaired) electrons. The van der Waals surface area contributed by atoms with Crippen LogP contribution in [0.15, 0.2) is 54.7 Å². The van der Waals surface area contributed by atoms with Crippen molar-refractivity contribution < 1.29 is 9.84 Å². The van der Waals surface area contributed by atoms with Gasteiger partial charge in [-0.2, -0.15) is 0 Å². The van der Waals surface area contributed by atoms with Gasteiger partial charge in [-0.05, 0) is 24.3 Å². The Morgan fingerprint density at radius 3 is 2.67 bits per heavy atom. The minimum Gasteiger partial charge on any atom is -0.496 e. The first-order valence-corrected chi connectivity index (χ1v) is 5.71. The molecule has 1 heterocycles. The van der Waals surface area contributed by atoms with Crippen LogP contribution >= 0.6 is 0 Å². The van der Waals surface area contributed by atoms with Gasteiger partial charge in [0.15, 0.2) is 0 Å². The zero-order valence-electron chi connectivity index (χ0n) is 10.2. The molecule has 18 heavy (non-hydrogen) atoms. The number of ether oxygens (including phenoxy) is 1. The van der Waals surface area contributed by atoms with Gasteiger partial charge in [-0.15, -0.1) is 0 Å². The number of aliphatic hydroxyl groups is 1.